The van der Waals surface area contributed by atoms with Crippen LogP contribution < -0.4 is 0 Å². The van der Waals surface area contributed by atoms with Gasteiger partial charge in [-0.2, -0.15) is 0 Å². The van der Waals surface area contributed by atoms with Crippen LogP contribution in [0.2, 0.25) is 0 Å². The fourth-order valence-electron chi connectivity index (χ4n) is 3.24. The summed E-state index contributed by atoms with van der Waals surface area (Å²) in [6, 6.07) is 12.5. The Kier molecular flexibility index (Phi) is 4.47. The lowest BCUT2D eigenvalue weighted by molar-refractivity contribution is 0.111. The normalized spacial score (nSPS) is 14.5. The molecule has 0 N–H and O–H groups in total. The van der Waals surface area contributed by atoms with Gasteiger partial charge in [0.1, 0.15) is 12.6 Å². The number of aldehydes is 2. The first-order valence-corrected chi connectivity index (χ1v) is 7.94. The van der Waals surface area contributed by atoms with Gasteiger partial charge in [0.05, 0.1) is 0 Å². The van der Waals surface area contributed by atoms with E-state index in [1.165, 1.54) is 11.1 Å². The minimum absolute atomic E-state index is 0.819. The molecule has 4 aliphatic rings. The molecule has 4 bridgehead atoms. The van der Waals surface area contributed by atoms with Crippen LogP contribution in [0.4, 0.5) is 0 Å². The third-order valence-corrected chi connectivity index (χ3v) is 4.50. The first-order chi connectivity index (χ1) is 10.8. The standard InChI is InChI=1S/C20H20O2/c21-13-19-11-15-3-1-4-16-8-10-18(20(12-16)14-22)6-2-5-17(19)9-7-15/h7-14H,1-6H2. The summed E-state index contributed by atoms with van der Waals surface area (Å²) in [5, 5.41) is 0. The van der Waals surface area contributed by atoms with E-state index in [1.807, 2.05) is 12.1 Å². The molecule has 2 aromatic rings. The first-order valence-electron chi connectivity index (χ1n) is 7.94. The summed E-state index contributed by atoms with van der Waals surface area (Å²) in [7, 11) is 0. The molecule has 2 aromatic carbocycles. The zero-order valence-electron chi connectivity index (χ0n) is 12.7. The van der Waals surface area contributed by atoms with E-state index in [0.717, 1.165) is 73.4 Å². The maximum absolute atomic E-state index is 11.3. The van der Waals surface area contributed by atoms with Crippen molar-refractivity contribution in [2.24, 2.45) is 0 Å². The van der Waals surface area contributed by atoms with Crippen LogP contribution in [0.15, 0.2) is 36.4 Å². The largest absolute Gasteiger partial charge is 0.298 e. The monoisotopic (exact) mass is 292 g/mol. The molecular weight excluding hydrogens is 272 g/mol. The Bertz CT molecular complexity index is 641. The molecule has 2 nitrogen and oxygen atoms in total. The van der Waals surface area contributed by atoms with Crippen LogP contribution in [0.3, 0.4) is 0 Å². The van der Waals surface area contributed by atoms with Gasteiger partial charge in [-0.25, -0.2) is 0 Å². The molecule has 0 atom stereocenters. The zero-order chi connectivity index (χ0) is 15.4. The highest BCUT2D eigenvalue weighted by molar-refractivity contribution is 5.78. The molecule has 0 heterocycles. The van der Waals surface area contributed by atoms with E-state index < -0.39 is 0 Å². The van der Waals surface area contributed by atoms with E-state index in [2.05, 4.69) is 24.3 Å². The third-order valence-electron chi connectivity index (χ3n) is 4.50. The average Bonchev–Trinajstić information content (AvgIpc) is 2.56. The van der Waals surface area contributed by atoms with Crippen molar-refractivity contribution < 1.29 is 9.59 Å². The molecular formula is C20H20O2. The van der Waals surface area contributed by atoms with E-state index in [4.69, 9.17) is 0 Å². The summed E-state index contributed by atoms with van der Waals surface area (Å²) >= 11 is 0. The molecule has 0 fully saturated rings. The van der Waals surface area contributed by atoms with Crippen LogP contribution >= 0.6 is 0 Å². The van der Waals surface area contributed by atoms with Gasteiger partial charge in [-0.3, -0.25) is 9.59 Å². The van der Waals surface area contributed by atoms with Crippen molar-refractivity contribution in [2.45, 2.75) is 38.5 Å². The van der Waals surface area contributed by atoms with Gasteiger partial charge in [0.2, 0.25) is 0 Å². The second-order valence-electron chi connectivity index (χ2n) is 6.01. The summed E-state index contributed by atoms with van der Waals surface area (Å²) in [4.78, 5) is 22.6. The molecule has 0 spiro atoms. The number of carbonyl (C=O) groups excluding carboxylic acids is 2. The smallest absolute Gasteiger partial charge is 0.150 e. The van der Waals surface area contributed by atoms with Crippen molar-refractivity contribution >= 4 is 12.6 Å². The van der Waals surface area contributed by atoms with E-state index in [9.17, 15) is 9.59 Å². The predicted octanol–water partition coefficient (Wildman–Crippen LogP) is 3.98. The van der Waals surface area contributed by atoms with E-state index >= 15 is 0 Å². The average molecular weight is 292 g/mol. The number of rotatable bonds is 2. The van der Waals surface area contributed by atoms with Gasteiger partial charge in [0.15, 0.2) is 0 Å². The van der Waals surface area contributed by atoms with Crippen molar-refractivity contribution in [1.29, 1.82) is 0 Å². The molecule has 0 amide bonds. The van der Waals surface area contributed by atoms with E-state index in [0.29, 0.717) is 0 Å². The Morgan fingerprint density at radius 2 is 1.09 bits per heavy atom. The van der Waals surface area contributed by atoms with Crippen molar-refractivity contribution in [3.05, 3.63) is 69.8 Å². The van der Waals surface area contributed by atoms with Gasteiger partial charge in [-0.15, -0.1) is 0 Å². The van der Waals surface area contributed by atoms with Crippen LogP contribution in [0, 0.1) is 0 Å². The maximum atomic E-state index is 11.3. The van der Waals surface area contributed by atoms with Crippen LogP contribution in [-0.2, 0) is 25.7 Å². The summed E-state index contributed by atoms with van der Waals surface area (Å²) in [5.41, 5.74) is 6.29. The fourth-order valence-corrected chi connectivity index (χ4v) is 3.24. The van der Waals surface area contributed by atoms with Gasteiger partial charge in [0.25, 0.3) is 0 Å². The van der Waals surface area contributed by atoms with Crippen molar-refractivity contribution in [1.82, 2.24) is 0 Å². The number of benzene rings is 2. The Morgan fingerprint density at radius 1 is 0.636 bits per heavy atom. The Hall–Kier alpha value is -2.22. The second-order valence-corrected chi connectivity index (χ2v) is 6.01. The minimum atomic E-state index is 0.819. The highest BCUT2D eigenvalue weighted by Crippen LogP contribution is 2.20. The van der Waals surface area contributed by atoms with Crippen LogP contribution in [0.1, 0.15) is 55.8 Å². The second kappa shape index (κ2) is 6.69. The number of hydrogen-bond acceptors (Lipinski definition) is 2. The number of aryl methyl sites for hydroxylation is 4. The minimum Gasteiger partial charge on any atom is -0.298 e. The SMILES string of the molecule is O=Cc1cc2ccc1CCCc1ccc(cc1C=O)CCC2. The van der Waals surface area contributed by atoms with Gasteiger partial charge >= 0.3 is 0 Å². The third kappa shape index (κ3) is 3.16. The lowest BCUT2D eigenvalue weighted by Gasteiger charge is -2.12. The summed E-state index contributed by atoms with van der Waals surface area (Å²) in [5.74, 6) is 0. The van der Waals surface area contributed by atoms with Crippen LogP contribution in [-0.4, -0.2) is 12.6 Å². The molecule has 0 unspecified atom stereocenters. The first kappa shape index (κ1) is 14.7. The van der Waals surface area contributed by atoms with Gasteiger partial charge in [0, 0.05) is 11.1 Å². The topological polar surface area (TPSA) is 34.1 Å². The predicted molar refractivity (Wildman–Crippen MR) is 87.7 cm³/mol. The summed E-state index contributed by atoms with van der Waals surface area (Å²) < 4.78 is 0. The van der Waals surface area contributed by atoms with Gasteiger partial charge in [-0.1, -0.05) is 24.3 Å². The van der Waals surface area contributed by atoms with Crippen molar-refractivity contribution in [2.75, 3.05) is 0 Å². The molecule has 0 aliphatic heterocycles. The lowest BCUT2D eigenvalue weighted by Crippen LogP contribution is -2.02. The quantitative estimate of drug-likeness (QED) is 0.785. The highest BCUT2D eigenvalue weighted by Gasteiger charge is 2.08. The molecule has 0 aromatic heterocycles. The maximum Gasteiger partial charge on any atom is 0.150 e. The lowest BCUT2D eigenvalue weighted by atomic mass is 9.93. The molecule has 4 aliphatic carbocycles. The molecule has 0 saturated carbocycles. The highest BCUT2D eigenvalue weighted by atomic mass is 16.1. The molecule has 2 heteroatoms. The molecule has 22 heavy (non-hydrogen) atoms. The molecule has 112 valence electrons. The Morgan fingerprint density at radius 3 is 1.55 bits per heavy atom. The molecule has 0 saturated heterocycles. The zero-order valence-corrected chi connectivity index (χ0v) is 12.7. The van der Waals surface area contributed by atoms with Crippen LogP contribution in [0.25, 0.3) is 0 Å². The number of carbonyl (C=O) groups is 2. The van der Waals surface area contributed by atoms with Crippen molar-refractivity contribution in [3.8, 4) is 0 Å². The summed E-state index contributed by atoms with van der Waals surface area (Å²) in [6.45, 7) is 0. The molecule has 0 radical (unpaired) electrons. The summed E-state index contributed by atoms with van der Waals surface area (Å²) in [6.07, 6.45) is 7.56. The van der Waals surface area contributed by atoms with E-state index in [1.54, 1.807) is 0 Å². The van der Waals surface area contributed by atoms with Gasteiger partial charge in [-0.05, 0) is 72.9 Å². The molecule has 6 rings (SSSR count). The van der Waals surface area contributed by atoms with E-state index in [-0.39, 0.29) is 0 Å². The fraction of sp³-hybridized carbons (Fsp3) is 0.300. The Balaban J connectivity index is 1.93. The van der Waals surface area contributed by atoms with Crippen molar-refractivity contribution in [3.63, 3.8) is 0 Å². The van der Waals surface area contributed by atoms with Gasteiger partial charge < -0.3 is 0 Å². The van der Waals surface area contributed by atoms with Crippen LogP contribution in [0.5, 0.6) is 0 Å². The number of hydrogen-bond donors (Lipinski definition) is 0. The Labute approximate surface area is 131 Å².